The molecule has 2 aromatic carbocycles. The summed E-state index contributed by atoms with van der Waals surface area (Å²) in [6.45, 7) is 0.496. The Bertz CT molecular complexity index is 1000. The van der Waals surface area contributed by atoms with E-state index in [0.717, 1.165) is 23.1 Å². The first kappa shape index (κ1) is 21.7. The summed E-state index contributed by atoms with van der Waals surface area (Å²) in [5, 5.41) is 0. The minimum atomic E-state index is -3.16. The summed E-state index contributed by atoms with van der Waals surface area (Å²) in [6, 6.07) is 5.75. The van der Waals surface area contributed by atoms with Crippen molar-refractivity contribution in [3.8, 4) is 11.1 Å². The predicted octanol–water partition coefficient (Wildman–Crippen LogP) is 5.54. The number of rotatable bonds is 4. The van der Waals surface area contributed by atoms with Gasteiger partial charge in [-0.15, -0.1) is 0 Å². The Morgan fingerprint density at radius 3 is 2.48 bits per heavy atom. The number of carbonyl (C=O) groups is 1. The first-order valence-corrected chi connectivity index (χ1v) is 10.1. The van der Waals surface area contributed by atoms with Gasteiger partial charge in [0.05, 0.1) is 6.54 Å². The van der Waals surface area contributed by atoms with E-state index < -0.39 is 59.9 Å². The molecule has 166 valence electrons. The van der Waals surface area contributed by atoms with Crippen molar-refractivity contribution in [2.24, 2.45) is 11.8 Å². The molecule has 4 rings (SSSR count). The van der Waals surface area contributed by atoms with Crippen molar-refractivity contribution in [1.82, 2.24) is 4.90 Å². The van der Waals surface area contributed by atoms with Crippen LogP contribution in [0.3, 0.4) is 0 Å². The van der Waals surface area contributed by atoms with Crippen molar-refractivity contribution >= 4 is 5.91 Å². The van der Waals surface area contributed by atoms with Crippen LogP contribution in [0.1, 0.15) is 25.3 Å². The molecule has 0 N–H and O–H groups in total. The van der Waals surface area contributed by atoms with Gasteiger partial charge in [0.15, 0.2) is 0 Å². The third kappa shape index (κ3) is 3.92. The summed E-state index contributed by atoms with van der Waals surface area (Å²) in [6.07, 6.45) is -1.32. The lowest BCUT2D eigenvalue weighted by Crippen LogP contribution is -2.46. The lowest BCUT2D eigenvalue weighted by molar-refractivity contribution is -0.142. The molecule has 2 atom stereocenters. The summed E-state index contributed by atoms with van der Waals surface area (Å²) < 4.78 is 85.0. The van der Waals surface area contributed by atoms with Crippen molar-refractivity contribution in [3.05, 3.63) is 59.4 Å². The van der Waals surface area contributed by atoms with Crippen LogP contribution in [0.15, 0.2) is 36.4 Å². The minimum absolute atomic E-state index is 0.00466. The number of halogens is 6. The SMILES string of the molecule is C[C@@H]1[C@H](Cc2cccc(-c3cc(F)ccc3F)c2F)N(C(=O)C2CC(F)C2)CC1(F)F. The first-order chi connectivity index (χ1) is 14.6. The Balaban J connectivity index is 1.65. The van der Waals surface area contributed by atoms with Crippen molar-refractivity contribution in [1.29, 1.82) is 0 Å². The van der Waals surface area contributed by atoms with Crippen molar-refractivity contribution in [3.63, 3.8) is 0 Å². The molecule has 0 bridgehead atoms. The normalized spacial score (nSPS) is 27.3. The number of benzene rings is 2. The molecule has 1 aliphatic carbocycles. The van der Waals surface area contributed by atoms with Gasteiger partial charge in [0, 0.05) is 29.0 Å². The Hall–Kier alpha value is -2.51. The van der Waals surface area contributed by atoms with Gasteiger partial charge < -0.3 is 4.90 Å². The molecule has 0 spiro atoms. The van der Waals surface area contributed by atoms with Gasteiger partial charge in [-0.05, 0) is 43.0 Å². The number of amides is 1. The Morgan fingerprint density at radius 2 is 1.81 bits per heavy atom. The first-order valence-electron chi connectivity index (χ1n) is 10.1. The fourth-order valence-corrected chi connectivity index (χ4v) is 4.43. The number of hydrogen-bond donors (Lipinski definition) is 0. The zero-order valence-electron chi connectivity index (χ0n) is 16.7. The van der Waals surface area contributed by atoms with Gasteiger partial charge in [0.25, 0.3) is 5.92 Å². The maximum absolute atomic E-state index is 15.2. The third-order valence-electron chi connectivity index (χ3n) is 6.46. The fourth-order valence-electron chi connectivity index (χ4n) is 4.43. The van der Waals surface area contributed by atoms with E-state index >= 15 is 4.39 Å². The van der Waals surface area contributed by atoms with Crippen LogP contribution in [0.4, 0.5) is 26.3 Å². The summed E-state index contributed by atoms with van der Waals surface area (Å²) in [4.78, 5) is 13.7. The molecule has 8 heteroatoms. The predicted molar refractivity (Wildman–Crippen MR) is 103 cm³/mol. The van der Waals surface area contributed by atoms with Crippen LogP contribution in [0.25, 0.3) is 11.1 Å². The van der Waals surface area contributed by atoms with Gasteiger partial charge in [0.1, 0.15) is 23.6 Å². The summed E-state index contributed by atoms with van der Waals surface area (Å²) in [5.41, 5.74) is -0.449. The molecular formula is C23H21F6NO. The molecule has 2 aliphatic rings. The number of carbonyl (C=O) groups excluding carboxylic acids is 1. The summed E-state index contributed by atoms with van der Waals surface area (Å²) in [5.74, 6) is -8.01. The standard InChI is InChI=1S/C23H21F6NO/c1-12-20(30(11-23(12,28)29)22(31)14-7-16(25)8-14)9-13-3-2-4-17(21(13)27)18-10-15(24)5-6-19(18)26/h2-6,10,12,14,16,20H,7-9,11H2,1H3/t12-,14?,16?,20+/m1/s1. The van der Waals surface area contributed by atoms with Gasteiger partial charge in [-0.3, -0.25) is 4.79 Å². The van der Waals surface area contributed by atoms with Crippen molar-refractivity contribution in [2.45, 2.75) is 44.3 Å². The molecule has 31 heavy (non-hydrogen) atoms. The second-order valence-electron chi connectivity index (χ2n) is 8.46. The average molecular weight is 441 g/mol. The number of alkyl halides is 3. The maximum atomic E-state index is 15.2. The van der Waals surface area contributed by atoms with E-state index in [4.69, 9.17) is 0 Å². The molecule has 1 heterocycles. The number of nitrogens with zero attached hydrogens (tertiary/aromatic N) is 1. The Morgan fingerprint density at radius 1 is 1.10 bits per heavy atom. The van der Waals surface area contributed by atoms with Crippen LogP contribution in [0.5, 0.6) is 0 Å². The van der Waals surface area contributed by atoms with Crippen LogP contribution in [-0.2, 0) is 11.2 Å². The van der Waals surface area contributed by atoms with E-state index in [1.165, 1.54) is 25.1 Å². The maximum Gasteiger partial charge on any atom is 0.269 e. The smallest absolute Gasteiger partial charge is 0.269 e. The van der Waals surface area contributed by atoms with Gasteiger partial charge in [-0.25, -0.2) is 26.3 Å². The average Bonchev–Trinajstić information content (AvgIpc) is 2.92. The monoisotopic (exact) mass is 441 g/mol. The topological polar surface area (TPSA) is 20.3 Å². The van der Waals surface area contributed by atoms with Crippen molar-refractivity contribution < 1.29 is 31.1 Å². The number of hydrogen-bond acceptors (Lipinski definition) is 1. The number of likely N-dealkylation sites (tertiary alicyclic amines) is 1. The van der Waals surface area contributed by atoms with Crippen LogP contribution in [0, 0.1) is 29.3 Å². The van der Waals surface area contributed by atoms with Crippen molar-refractivity contribution in [2.75, 3.05) is 6.54 Å². The largest absolute Gasteiger partial charge is 0.333 e. The quantitative estimate of drug-likeness (QED) is 0.571. The molecule has 2 aromatic rings. The lowest BCUT2D eigenvalue weighted by Gasteiger charge is -2.35. The molecule has 1 aliphatic heterocycles. The van der Waals surface area contributed by atoms with Crippen LogP contribution in [-0.4, -0.2) is 35.5 Å². The molecule has 0 radical (unpaired) electrons. The minimum Gasteiger partial charge on any atom is -0.333 e. The highest BCUT2D eigenvalue weighted by Gasteiger charge is 2.55. The lowest BCUT2D eigenvalue weighted by atomic mass is 9.82. The van der Waals surface area contributed by atoms with Gasteiger partial charge in [-0.2, -0.15) is 0 Å². The molecular weight excluding hydrogens is 420 g/mol. The van der Waals surface area contributed by atoms with Crippen LogP contribution in [0.2, 0.25) is 0 Å². The Kier molecular flexibility index (Phi) is 5.52. The van der Waals surface area contributed by atoms with Gasteiger partial charge in [0.2, 0.25) is 5.91 Å². The molecule has 1 saturated carbocycles. The zero-order chi connectivity index (χ0) is 22.5. The highest BCUT2D eigenvalue weighted by molar-refractivity contribution is 5.81. The summed E-state index contributed by atoms with van der Waals surface area (Å²) in [7, 11) is 0. The molecule has 0 aromatic heterocycles. The molecule has 1 amide bonds. The molecule has 0 unspecified atom stereocenters. The third-order valence-corrected chi connectivity index (χ3v) is 6.46. The van der Waals surface area contributed by atoms with E-state index in [1.54, 1.807) is 0 Å². The Labute approximate surface area is 175 Å². The van der Waals surface area contributed by atoms with Crippen LogP contribution >= 0.6 is 0 Å². The van der Waals surface area contributed by atoms with E-state index in [0.29, 0.717) is 0 Å². The molecule has 2 fully saturated rings. The second-order valence-corrected chi connectivity index (χ2v) is 8.46. The van der Waals surface area contributed by atoms with Gasteiger partial charge >= 0.3 is 0 Å². The van der Waals surface area contributed by atoms with Crippen LogP contribution < -0.4 is 0 Å². The van der Waals surface area contributed by atoms with Gasteiger partial charge in [-0.1, -0.05) is 25.1 Å². The van der Waals surface area contributed by atoms with E-state index in [9.17, 15) is 26.7 Å². The van der Waals surface area contributed by atoms with E-state index in [2.05, 4.69) is 0 Å². The highest BCUT2D eigenvalue weighted by Crippen LogP contribution is 2.42. The van der Waals surface area contributed by atoms with E-state index in [1.807, 2.05) is 0 Å². The van der Waals surface area contributed by atoms with E-state index in [-0.39, 0.29) is 36.0 Å². The molecule has 2 nitrogen and oxygen atoms in total. The highest BCUT2D eigenvalue weighted by atomic mass is 19.3. The fraction of sp³-hybridized carbons (Fsp3) is 0.435. The zero-order valence-corrected chi connectivity index (χ0v) is 16.7. The molecule has 1 saturated heterocycles. The summed E-state index contributed by atoms with van der Waals surface area (Å²) >= 11 is 0. The second kappa shape index (κ2) is 7.88.